The lowest BCUT2D eigenvalue weighted by Gasteiger charge is -2.09. The maximum absolute atomic E-state index is 5.90. The van der Waals surface area contributed by atoms with Gasteiger partial charge in [-0.3, -0.25) is 0 Å². The average molecular weight is 447 g/mol. The molecule has 4 aromatic rings. The van der Waals surface area contributed by atoms with Crippen LogP contribution < -0.4 is 14.2 Å². The molecular weight excluding hydrogens is 424 g/mol. The maximum atomic E-state index is 5.90. The van der Waals surface area contributed by atoms with Gasteiger partial charge in [0.15, 0.2) is 17.3 Å². The Morgan fingerprint density at radius 3 is 2.56 bits per heavy atom. The smallest absolute Gasteiger partial charge is 0.216 e. The number of hydrogen-bond donors (Lipinski definition) is 1. The summed E-state index contributed by atoms with van der Waals surface area (Å²) in [7, 11) is 3.18. The number of rotatable bonds is 8. The lowest BCUT2D eigenvalue weighted by Crippen LogP contribution is -1.97. The van der Waals surface area contributed by atoms with Gasteiger partial charge in [-0.25, -0.2) is 5.10 Å². The standard InChI is InChI=1S/C24H22N4O3S/c1-29-21-12-11-19(14-22(21)30-2)23-26-27-24(32)28(23)25-15-18-9-6-10-20(13-18)31-16-17-7-4-3-5-8-17/h3-15H,16H2,1-2H3,(H,27,32). The van der Waals surface area contributed by atoms with Crippen LogP contribution in [0, 0.1) is 4.77 Å². The molecule has 1 aromatic heterocycles. The van der Waals surface area contributed by atoms with Crippen molar-refractivity contribution in [2.45, 2.75) is 6.61 Å². The minimum atomic E-state index is 0.377. The van der Waals surface area contributed by atoms with Gasteiger partial charge in [0.05, 0.1) is 20.4 Å². The van der Waals surface area contributed by atoms with Crippen molar-refractivity contribution < 1.29 is 14.2 Å². The highest BCUT2D eigenvalue weighted by Gasteiger charge is 2.12. The second-order valence-electron chi connectivity index (χ2n) is 6.83. The molecule has 0 saturated carbocycles. The molecule has 0 aliphatic rings. The van der Waals surface area contributed by atoms with Crippen LogP contribution in [-0.2, 0) is 6.61 Å². The molecule has 0 bridgehead atoms. The Morgan fingerprint density at radius 1 is 0.969 bits per heavy atom. The summed E-state index contributed by atoms with van der Waals surface area (Å²) in [4.78, 5) is 0. The number of aromatic nitrogens is 3. The Morgan fingerprint density at radius 2 is 1.78 bits per heavy atom. The van der Waals surface area contributed by atoms with Crippen LogP contribution in [0.4, 0.5) is 0 Å². The van der Waals surface area contributed by atoms with E-state index in [0.717, 1.165) is 22.4 Å². The number of nitrogens with one attached hydrogen (secondary N) is 1. The molecule has 0 amide bonds. The number of nitrogens with zero attached hydrogens (tertiary/aromatic N) is 3. The molecule has 32 heavy (non-hydrogen) atoms. The third-order valence-electron chi connectivity index (χ3n) is 4.72. The van der Waals surface area contributed by atoms with Crippen LogP contribution in [-0.4, -0.2) is 35.3 Å². The second-order valence-corrected chi connectivity index (χ2v) is 7.21. The Labute approximate surface area is 190 Å². The van der Waals surface area contributed by atoms with Gasteiger partial charge in [-0.05, 0) is 53.7 Å². The molecule has 0 saturated heterocycles. The fourth-order valence-corrected chi connectivity index (χ4v) is 3.29. The topological polar surface area (TPSA) is 73.7 Å². The van der Waals surface area contributed by atoms with Crippen molar-refractivity contribution in [2.24, 2.45) is 5.10 Å². The highest BCUT2D eigenvalue weighted by atomic mass is 32.1. The summed E-state index contributed by atoms with van der Waals surface area (Å²) < 4.78 is 18.5. The highest BCUT2D eigenvalue weighted by molar-refractivity contribution is 7.71. The van der Waals surface area contributed by atoms with E-state index in [4.69, 9.17) is 26.4 Å². The number of H-pyrrole nitrogens is 1. The van der Waals surface area contributed by atoms with Crippen LogP contribution in [0.25, 0.3) is 11.4 Å². The molecule has 7 nitrogen and oxygen atoms in total. The molecule has 0 radical (unpaired) electrons. The van der Waals surface area contributed by atoms with Crippen molar-refractivity contribution >= 4 is 18.4 Å². The van der Waals surface area contributed by atoms with Gasteiger partial charge in [0.25, 0.3) is 0 Å². The third-order valence-corrected chi connectivity index (χ3v) is 4.99. The van der Waals surface area contributed by atoms with Crippen molar-refractivity contribution in [3.8, 4) is 28.6 Å². The third kappa shape index (κ3) is 4.87. The first-order chi connectivity index (χ1) is 15.7. The summed E-state index contributed by atoms with van der Waals surface area (Å²) in [5, 5.41) is 11.6. The predicted octanol–water partition coefficient (Wildman–Crippen LogP) is 5.09. The van der Waals surface area contributed by atoms with E-state index >= 15 is 0 Å². The molecule has 0 spiro atoms. The number of hydrogen-bond acceptors (Lipinski definition) is 6. The Kier molecular flexibility index (Phi) is 6.62. The quantitative estimate of drug-likeness (QED) is 0.302. The van der Waals surface area contributed by atoms with Gasteiger partial charge in [0, 0.05) is 5.56 Å². The molecule has 3 aromatic carbocycles. The normalized spacial score (nSPS) is 10.9. The Bertz CT molecular complexity index is 1280. The molecule has 0 fully saturated rings. The summed E-state index contributed by atoms with van der Waals surface area (Å²) >= 11 is 5.37. The Hall–Kier alpha value is -3.91. The molecule has 1 heterocycles. The van der Waals surface area contributed by atoms with Crippen molar-refractivity contribution in [3.05, 3.63) is 88.7 Å². The van der Waals surface area contributed by atoms with E-state index in [1.807, 2.05) is 72.8 Å². The predicted molar refractivity (Wildman–Crippen MR) is 126 cm³/mol. The first-order valence-corrected chi connectivity index (χ1v) is 10.3. The maximum Gasteiger partial charge on any atom is 0.216 e. The monoisotopic (exact) mass is 446 g/mol. The molecule has 0 aliphatic heterocycles. The van der Waals surface area contributed by atoms with Gasteiger partial charge in [0.1, 0.15) is 12.4 Å². The summed E-state index contributed by atoms with van der Waals surface area (Å²) in [5.74, 6) is 2.54. The summed E-state index contributed by atoms with van der Waals surface area (Å²) in [6, 6.07) is 23.2. The van der Waals surface area contributed by atoms with Gasteiger partial charge in [-0.15, -0.1) is 0 Å². The lowest BCUT2D eigenvalue weighted by atomic mass is 10.2. The van der Waals surface area contributed by atoms with E-state index in [-0.39, 0.29) is 0 Å². The second kappa shape index (κ2) is 9.93. The molecule has 1 N–H and O–H groups in total. The van der Waals surface area contributed by atoms with E-state index < -0.39 is 0 Å². The highest BCUT2D eigenvalue weighted by Crippen LogP contribution is 2.31. The van der Waals surface area contributed by atoms with Crippen LogP contribution in [0.2, 0.25) is 0 Å². The minimum absolute atomic E-state index is 0.377. The summed E-state index contributed by atoms with van der Waals surface area (Å²) in [5.41, 5.74) is 2.76. The van der Waals surface area contributed by atoms with Crippen LogP contribution in [0.3, 0.4) is 0 Å². The van der Waals surface area contributed by atoms with Crippen LogP contribution >= 0.6 is 12.2 Å². The van der Waals surface area contributed by atoms with Crippen LogP contribution in [0.1, 0.15) is 11.1 Å². The minimum Gasteiger partial charge on any atom is -0.493 e. The van der Waals surface area contributed by atoms with E-state index in [0.29, 0.717) is 28.7 Å². The zero-order valence-corrected chi connectivity index (χ0v) is 18.5. The molecule has 0 aliphatic carbocycles. The molecule has 162 valence electrons. The number of aromatic amines is 1. The zero-order chi connectivity index (χ0) is 22.3. The van der Waals surface area contributed by atoms with Gasteiger partial charge < -0.3 is 14.2 Å². The van der Waals surface area contributed by atoms with Gasteiger partial charge in [-0.1, -0.05) is 42.5 Å². The number of methoxy groups -OCH3 is 2. The first kappa shape index (κ1) is 21.3. The fraction of sp³-hybridized carbons (Fsp3) is 0.125. The largest absolute Gasteiger partial charge is 0.493 e. The molecule has 0 unspecified atom stereocenters. The van der Waals surface area contributed by atoms with Crippen LogP contribution in [0.5, 0.6) is 17.2 Å². The van der Waals surface area contributed by atoms with E-state index in [1.165, 1.54) is 0 Å². The van der Waals surface area contributed by atoms with Gasteiger partial charge >= 0.3 is 0 Å². The van der Waals surface area contributed by atoms with Crippen molar-refractivity contribution in [1.82, 2.24) is 14.9 Å². The number of ether oxygens (including phenoxy) is 3. The van der Waals surface area contributed by atoms with Crippen molar-refractivity contribution in [2.75, 3.05) is 14.2 Å². The zero-order valence-electron chi connectivity index (χ0n) is 17.7. The van der Waals surface area contributed by atoms with Crippen molar-refractivity contribution in [3.63, 3.8) is 0 Å². The van der Waals surface area contributed by atoms with Gasteiger partial charge in [-0.2, -0.15) is 14.9 Å². The first-order valence-electron chi connectivity index (χ1n) is 9.89. The molecule has 4 rings (SSSR count). The lowest BCUT2D eigenvalue weighted by molar-refractivity contribution is 0.306. The average Bonchev–Trinajstić information content (AvgIpc) is 3.22. The molecular formula is C24H22N4O3S. The number of benzene rings is 3. The van der Waals surface area contributed by atoms with Crippen molar-refractivity contribution in [1.29, 1.82) is 0 Å². The molecule has 8 heteroatoms. The fourth-order valence-electron chi connectivity index (χ4n) is 3.11. The van der Waals surface area contributed by atoms with Crippen LogP contribution in [0.15, 0.2) is 77.9 Å². The Balaban J connectivity index is 1.56. The van der Waals surface area contributed by atoms with Gasteiger partial charge in [0.2, 0.25) is 4.77 Å². The SMILES string of the molecule is COc1ccc(-c2n[nH]c(=S)n2N=Cc2cccc(OCc3ccccc3)c2)cc1OC. The molecule has 0 atom stereocenters. The van der Waals surface area contributed by atoms with E-state index in [1.54, 1.807) is 25.1 Å². The van der Waals surface area contributed by atoms with E-state index in [2.05, 4.69) is 15.3 Å². The summed E-state index contributed by atoms with van der Waals surface area (Å²) in [6.07, 6.45) is 1.71. The van der Waals surface area contributed by atoms with E-state index in [9.17, 15) is 0 Å². The summed E-state index contributed by atoms with van der Waals surface area (Å²) in [6.45, 7) is 0.498.